The van der Waals surface area contributed by atoms with Gasteiger partial charge in [-0.15, -0.1) is 0 Å². The van der Waals surface area contributed by atoms with Crippen molar-refractivity contribution in [1.29, 1.82) is 0 Å². The van der Waals surface area contributed by atoms with Crippen LogP contribution in [0.2, 0.25) is 0 Å². The number of pyridine rings is 1. The molecule has 0 aromatic carbocycles. The molecule has 0 N–H and O–H groups in total. The van der Waals surface area contributed by atoms with E-state index in [1.54, 1.807) is 0 Å². The van der Waals surface area contributed by atoms with Crippen molar-refractivity contribution >= 4 is 0 Å². The average Bonchev–Trinajstić information content (AvgIpc) is 2.03. The minimum absolute atomic E-state index is 1.06. The lowest BCUT2D eigenvalue weighted by molar-refractivity contribution is -0.696. The summed E-state index contributed by atoms with van der Waals surface area (Å²) in [7, 11) is 4.18. The minimum Gasteiger partial charge on any atom is -0.303 e. The Morgan fingerprint density at radius 3 is 2.33 bits per heavy atom. The van der Waals surface area contributed by atoms with Gasteiger partial charge in [-0.1, -0.05) is 0 Å². The zero-order valence-corrected chi connectivity index (χ0v) is 8.12. The Kier molecular flexibility index (Phi) is 3.23. The molecule has 0 saturated heterocycles. The van der Waals surface area contributed by atoms with Crippen molar-refractivity contribution in [3.05, 3.63) is 30.1 Å². The highest BCUT2D eigenvalue weighted by atomic mass is 15.1. The Bertz CT molecular complexity index is 226. The maximum atomic E-state index is 2.20. The first-order valence-electron chi connectivity index (χ1n) is 4.29. The second-order valence-corrected chi connectivity index (χ2v) is 3.42. The van der Waals surface area contributed by atoms with Crippen LogP contribution >= 0.6 is 0 Å². The summed E-state index contributed by atoms with van der Waals surface area (Å²) in [4.78, 5) is 2.19. The zero-order chi connectivity index (χ0) is 8.97. The largest absolute Gasteiger partial charge is 0.303 e. The third kappa shape index (κ3) is 3.01. The Labute approximate surface area is 74.4 Å². The van der Waals surface area contributed by atoms with Gasteiger partial charge in [0.15, 0.2) is 18.9 Å². The second-order valence-electron chi connectivity index (χ2n) is 3.42. The van der Waals surface area contributed by atoms with E-state index in [-0.39, 0.29) is 0 Å². The number of hydrogen-bond acceptors (Lipinski definition) is 1. The topological polar surface area (TPSA) is 7.12 Å². The molecule has 1 rings (SSSR count). The Morgan fingerprint density at radius 1 is 1.25 bits per heavy atom. The molecule has 1 heterocycles. The van der Waals surface area contributed by atoms with Gasteiger partial charge in [-0.05, 0) is 26.6 Å². The Balaban J connectivity index is 2.48. The van der Waals surface area contributed by atoms with E-state index in [4.69, 9.17) is 0 Å². The molecule has 0 radical (unpaired) electrons. The van der Waals surface area contributed by atoms with Crippen LogP contribution in [0.15, 0.2) is 24.5 Å². The molecule has 0 fully saturated rings. The molecule has 12 heavy (non-hydrogen) atoms. The van der Waals surface area contributed by atoms with Gasteiger partial charge in [-0.25, -0.2) is 4.57 Å². The number of aromatic nitrogens is 1. The van der Waals surface area contributed by atoms with E-state index >= 15 is 0 Å². The van der Waals surface area contributed by atoms with Gasteiger partial charge in [0.25, 0.3) is 0 Å². The van der Waals surface area contributed by atoms with Crippen LogP contribution in [0.4, 0.5) is 0 Å². The summed E-state index contributed by atoms with van der Waals surface area (Å²) in [5, 5.41) is 0. The molecule has 0 saturated carbocycles. The SMILES string of the molecule is Cc1cc[n+](CCN(C)C)cc1. The summed E-state index contributed by atoms with van der Waals surface area (Å²) in [6.07, 6.45) is 4.25. The molecule has 0 unspecified atom stereocenters. The van der Waals surface area contributed by atoms with Crippen LogP contribution in [0, 0.1) is 6.92 Å². The van der Waals surface area contributed by atoms with E-state index in [1.807, 2.05) is 0 Å². The van der Waals surface area contributed by atoms with Crippen LogP contribution in [0.3, 0.4) is 0 Å². The van der Waals surface area contributed by atoms with Crippen LogP contribution < -0.4 is 4.57 Å². The molecule has 1 aromatic rings. The summed E-state index contributed by atoms with van der Waals surface area (Å²) in [5.74, 6) is 0. The summed E-state index contributed by atoms with van der Waals surface area (Å²) in [6.45, 7) is 4.26. The van der Waals surface area contributed by atoms with Gasteiger partial charge < -0.3 is 4.90 Å². The van der Waals surface area contributed by atoms with Gasteiger partial charge in [0.1, 0.15) is 0 Å². The van der Waals surface area contributed by atoms with E-state index in [9.17, 15) is 0 Å². The van der Waals surface area contributed by atoms with Crippen LogP contribution in [0.5, 0.6) is 0 Å². The van der Waals surface area contributed by atoms with Crippen LogP contribution in [0.1, 0.15) is 5.56 Å². The molecule has 2 heteroatoms. The van der Waals surface area contributed by atoms with Crippen LogP contribution in [-0.2, 0) is 6.54 Å². The maximum Gasteiger partial charge on any atom is 0.169 e. The molecule has 0 aliphatic rings. The van der Waals surface area contributed by atoms with Gasteiger partial charge >= 0.3 is 0 Å². The fourth-order valence-electron chi connectivity index (χ4n) is 0.996. The van der Waals surface area contributed by atoms with Crippen molar-refractivity contribution in [2.75, 3.05) is 20.6 Å². The van der Waals surface area contributed by atoms with Crippen LogP contribution in [-0.4, -0.2) is 25.5 Å². The second kappa shape index (κ2) is 4.21. The Hall–Kier alpha value is -0.890. The predicted octanol–water partition coefficient (Wildman–Crippen LogP) is 0.844. The van der Waals surface area contributed by atoms with Crippen molar-refractivity contribution in [2.45, 2.75) is 13.5 Å². The number of likely N-dealkylation sites (N-methyl/N-ethyl adjacent to an activating group) is 1. The summed E-state index contributed by atoms with van der Waals surface area (Å²) < 4.78 is 2.20. The highest BCUT2D eigenvalue weighted by molar-refractivity contribution is 5.03. The predicted molar refractivity (Wildman–Crippen MR) is 49.9 cm³/mol. The maximum absolute atomic E-state index is 2.20. The molecule has 0 spiro atoms. The first-order chi connectivity index (χ1) is 5.68. The fraction of sp³-hybridized carbons (Fsp3) is 0.500. The molecular weight excluding hydrogens is 148 g/mol. The lowest BCUT2D eigenvalue weighted by Gasteiger charge is -2.05. The summed E-state index contributed by atoms with van der Waals surface area (Å²) in [5.41, 5.74) is 1.32. The quantitative estimate of drug-likeness (QED) is 0.602. The number of rotatable bonds is 3. The van der Waals surface area contributed by atoms with E-state index in [0.29, 0.717) is 0 Å². The summed E-state index contributed by atoms with van der Waals surface area (Å²) >= 11 is 0. The highest BCUT2D eigenvalue weighted by Crippen LogP contribution is 1.89. The lowest BCUT2D eigenvalue weighted by atomic mass is 10.3. The monoisotopic (exact) mass is 165 g/mol. The normalized spacial score (nSPS) is 10.7. The standard InChI is InChI=1S/C10H17N2/c1-10-4-6-12(7-5-10)9-8-11(2)3/h4-7H,8-9H2,1-3H3/q+1. The van der Waals surface area contributed by atoms with Crippen molar-refractivity contribution in [2.24, 2.45) is 0 Å². The molecular formula is C10H17N2+. The lowest BCUT2D eigenvalue weighted by Crippen LogP contribution is -2.37. The highest BCUT2D eigenvalue weighted by Gasteiger charge is 1.98. The van der Waals surface area contributed by atoms with Gasteiger partial charge in [0.05, 0.1) is 6.54 Å². The average molecular weight is 165 g/mol. The van der Waals surface area contributed by atoms with E-state index in [2.05, 4.69) is 55.0 Å². The van der Waals surface area contributed by atoms with E-state index in [1.165, 1.54) is 5.56 Å². The smallest absolute Gasteiger partial charge is 0.169 e. The van der Waals surface area contributed by atoms with Crippen molar-refractivity contribution in [3.63, 3.8) is 0 Å². The van der Waals surface area contributed by atoms with Gasteiger partial charge in [0.2, 0.25) is 0 Å². The zero-order valence-electron chi connectivity index (χ0n) is 8.12. The molecule has 1 aromatic heterocycles. The number of hydrogen-bond donors (Lipinski definition) is 0. The number of nitrogens with zero attached hydrogens (tertiary/aromatic N) is 2. The van der Waals surface area contributed by atoms with Gasteiger partial charge in [-0.3, -0.25) is 0 Å². The molecule has 0 bridgehead atoms. The first-order valence-corrected chi connectivity index (χ1v) is 4.29. The molecule has 2 nitrogen and oxygen atoms in total. The van der Waals surface area contributed by atoms with Crippen LogP contribution in [0.25, 0.3) is 0 Å². The van der Waals surface area contributed by atoms with Crippen molar-refractivity contribution < 1.29 is 4.57 Å². The van der Waals surface area contributed by atoms with E-state index < -0.39 is 0 Å². The molecule has 66 valence electrons. The van der Waals surface area contributed by atoms with Gasteiger partial charge in [-0.2, -0.15) is 0 Å². The van der Waals surface area contributed by atoms with Gasteiger partial charge in [0, 0.05) is 12.1 Å². The molecule has 0 atom stereocenters. The fourth-order valence-corrected chi connectivity index (χ4v) is 0.996. The molecule has 0 amide bonds. The minimum atomic E-state index is 1.06. The third-order valence-corrected chi connectivity index (χ3v) is 1.86. The first kappa shape index (κ1) is 9.20. The van der Waals surface area contributed by atoms with Crippen molar-refractivity contribution in [1.82, 2.24) is 4.90 Å². The summed E-state index contributed by atoms with van der Waals surface area (Å²) in [6, 6.07) is 4.27. The molecule has 0 aliphatic heterocycles. The van der Waals surface area contributed by atoms with Crippen molar-refractivity contribution in [3.8, 4) is 0 Å². The molecule has 0 aliphatic carbocycles. The number of aryl methyl sites for hydroxylation is 1. The van der Waals surface area contributed by atoms with E-state index in [0.717, 1.165) is 13.1 Å². The third-order valence-electron chi connectivity index (χ3n) is 1.86. The Morgan fingerprint density at radius 2 is 1.83 bits per heavy atom.